The van der Waals surface area contributed by atoms with E-state index in [2.05, 4.69) is 26.4 Å². The number of nitrogens with one attached hydrogen (secondary N) is 1. The summed E-state index contributed by atoms with van der Waals surface area (Å²) in [4.78, 5) is 12.2. The van der Waals surface area contributed by atoms with Crippen molar-refractivity contribution in [1.29, 1.82) is 0 Å². The van der Waals surface area contributed by atoms with Crippen molar-refractivity contribution in [2.45, 2.75) is 20.3 Å². The molecule has 0 saturated heterocycles. The fraction of sp³-hybridized carbons (Fsp3) is 0.333. The number of hydrogen-bond donors (Lipinski definition) is 3. The van der Waals surface area contributed by atoms with E-state index in [9.17, 15) is 9.18 Å². The smallest absolute Gasteiger partial charge is 0.238 e. The highest BCUT2D eigenvalue weighted by Gasteiger charge is 2.36. The predicted octanol–water partition coefficient (Wildman–Crippen LogP) is 2.69. The second-order valence-electron chi connectivity index (χ2n) is 4.25. The average Bonchev–Trinajstić information content (AvgIpc) is 2.39. The van der Waals surface area contributed by atoms with E-state index in [0.29, 0.717) is 16.6 Å². The lowest BCUT2D eigenvalue weighted by Crippen LogP contribution is -2.44. The Morgan fingerprint density at radius 2 is 2.26 bits per heavy atom. The monoisotopic (exact) mass is 331 g/mol. The summed E-state index contributed by atoms with van der Waals surface area (Å²) in [5, 5.41) is 14.2. The van der Waals surface area contributed by atoms with Gasteiger partial charge in [0.2, 0.25) is 5.91 Å². The van der Waals surface area contributed by atoms with Gasteiger partial charge in [-0.25, -0.2) is 4.39 Å². The molecule has 1 atom stereocenters. The molecule has 0 bridgehead atoms. The number of halogens is 2. The number of hydrogen-bond acceptors (Lipinski definition) is 3. The molecule has 0 aliphatic heterocycles. The van der Waals surface area contributed by atoms with Gasteiger partial charge in [0.05, 0.1) is 5.69 Å². The zero-order chi connectivity index (χ0) is 14.6. The Balaban J connectivity index is 3.01. The third-order valence-corrected chi connectivity index (χ3v) is 3.72. The maximum atomic E-state index is 13.0. The van der Waals surface area contributed by atoms with E-state index >= 15 is 0 Å². The van der Waals surface area contributed by atoms with Crippen LogP contribution in [0.4, 0.5) is 10.1 Å². The average molecular weight is 332 g/mol. The minimum absolute atomic E-state index is 0.175. The number of amides is 1. The largest absolute Gasteiger partial charge is 0.409 e. The van der Waals surface area contributed by atoms with Crippen LogP contribution in [-0.2, 0) is 4.79 Å². The molecule has 1 aromatic rings. The van der Waals surface area contributed by atoms with Crippen LogP contribution in [0.3, 0.4) is 0 Å². The van der Waals surface area contributed by atoms with Crippen molar-refractivity contribution in [2.75, 3.05) is 5.32 Å². The Labute approximate surface area is 118 Å². The normalized spacial score (nSPS) is 14.8. The van der Waals surface area contributed by atoms with Crippen molar-refractivity contribution in [2.24, 2.45) is 16.3 Å². The van der Waals surface area contributed by atoms with E-state index < -0.39 is 17.1 Å². The van der Waals surface area contributed by atoms with Gasteiger partial charge in [0, 0.05) is 4.47 Å². The molecule has 0 radical (unpaired) electrons. The van der Waals surface area contributed by atoms with Crippen molar-refractivity contribution < 1.29 is 14.4 Å². The summed E-state index contributed by atoms with van der Waals surface area (Å²) in [6.07, 6.45) is 0.355. The quantitative estimate of drug-likeness (QED) is 0.343. The number of anilines is 1. The van der Waals surface area contributed by atoms with Gasteiger partial charge in [0.25, 0.3) is 0 Å². The molecule has 1 unspecified atom stereocenters. The van der Waals surface area contributed by atoms with Crippen LogP contribution in [0.5, 0.6) is 0 Å². The van der Waals surface area contributed by atoms with Crippen molar-refractivity contribution in [3.8, 4) is 0 Å². The molecule has 1 rings (SSSR count). The Kier molecular flexibility index (Phi) is 4.88. The Hall–Kier alpha value is -1.63. The molecule has 7 heteroatoms. The lowest BCUT2D eigenvalue weighted by atomic mass is 9.85. The number of benzene rings is 1. The molecular weight excluding hydrogens is 317 g/mol. The van der Waals surface area contributed by atoms with Gasteiger partial charge in [-0.05, 0) is 47.5 Å². The molecule has 1 amide bonds. The first-order chi connectivity index (χ1) is 8.85. The predicted molar refractivity (Wildman–Crippen MR) is 74.5 cm³/mol. The van der Waals surface area contributed by atoms with Gasteiger partial charge in [-0.1, -0.05) is 12.1 Å². The molecule has 4 N–H and O–H groups in total. The first kappa shape index (κ1) is 15.4. The van der Waals surface area contributed by atoms with Gasteiger partial charge in [0.15, 0.2) is 5.84 Å². The van der Waals surface area contributed by atoms with E-state index in [-0.39, 0.29) is 5.84 Å². The summed E-state index contributed by atoms with van der Waals surface area (Å²) in [5.41, 5.74) is 4.82. The molecular formula is C12H15BrFN3O2. The number of carbonyl (C=O) groups excluding carboxylic acids is 1. The van der Waals surface area contributed by atoms with Crippen LogP contribution in [0.15, 0.2) is 27.8 Å². The minimum atomic E-state index is -1.14. The van der Waals surface area contributed by atoms with Crippen LogP contribution < -0.4 is 11.1 Å². The lowest BCUT2D eigenvalue weighted by molar-refractivity contribution is -0.121. The zero-order valence-electron chi connectivity index (χ0n) is 10.6. The van der Waals surface area contributed by atoms with Crippen LogP contribution in [0, 0.1) is 11.2 Å². The molecule has 0 saturated carbocycles. The maximum Gasteiger partial charge on any atom is 0.238 e. The van der Waals surface area contributed by atoms with Gasteiger partial charge in [-0.15, -0.1) is 0 Å². The topological polar surface area (TPSA) is 87.7 Å². The Morgan fingerprint density at radius 1 is 1.63 bits per heavy atom. The van der Waals surface area contributed by atoms with Crippen molar-refractivity contribution in [3.05, 3.63) is 28.5 Å². The van der Waals surface area contributed by atoms with Crippen LogP contribution >= 0.6 is 15.9 Å². The van der Waals surface area contributed by atoms with E-state index in [1.165, 1.54) is 18.2 Å². The molecule has 0 aromatic heterocycles. The SMILES string of the molecule is CCC(C)(C(=O)Nc1ccc(F)cc1Br)/C(N)=N/O. The van der Waals surface area contributed by atoms with Gasteiger partial charge >= 0.3 is 0 Å². The van der Waals surface area contributed by atoms with E-state index in [4.69, 9.17) is 10.9 Å². The first-order valence-corrected chi connectivity index (χ1v) is 6.39. The fourth-order valence-corrected chi connectivity index (χ4v) is 1.87. The van der Waals surface area contributed by atoms with Crippen LogP contribution in [0.2, 0.25) is 0 Å². The zero-order valence-corrected chi connectivity index (χ0v) is 12.2. The lowest BCUT2D eigenvalue weighted by Gasteiger charge is -2.25. The highest BCUT2D eigenvalue weighted by atomic mass is 79.9. The Morgan fingerprint density at radius 3 is 2.74 bits per heavy atom. The summed E-state index contributed by atoms with van der Waals surface area (Å²) >= 11 is 3.15. The number of rotatable bonds is 4. The molecule has 0 spiro atoms. The van der Waals surface area contributed by atoms with Crippen LogP contribution in [0.1, 0.15) is 20.3 Å². The molecule has 0 heterocycles. The van der Waals surface area contributed by atoms with Crippen molar-refractivity contribution >= 4 is 33.4 Å². The number of oxime groups is 1. The van der Waals surface area contributed by atoms with E-state index in [1.807, 2.05) is 0 Å². The third kappa shape index (κ3) is 3.23. The van der Waals surface area contributed by atoms with Gasteiger partial charge in [0.1, 0.15) is 11.2 Å². The molecule has 0 aliphatic carbocycles. The third-order valence-electron chi connectivity index (χ3n) is 3.06. The van der Waals surface area contributed by atoms with Gasteiger partial charge < -0.3 is 16.3 Å². The van der Waals surface area contributed by atoms with Gasteiger partial charge in [-0.2, -0.15) is 0 Å². The van der Waals surface area contributed by atoms with Crippen molar-refractivity contribution in [3.63, 3.8) is 0 Å². The van der Waals surface area contributed by atoms with Crippen molar-refractivity contribution in [1.82, 2.24) is 0 Å². The molecule has 104 valence electrons. The van der Waals surface area contributed by atoms with Gasteiger partial charge in [-0.3, -0.25) is 4.79 Å². The highest BCUT2D eigenvalue weighted by Crippen LogP contribution is 2.28. The second kappa shape index (κ2) is 6.01. The molecule has 5 nitrogen and oxygen atoms in total. The van der Waals surface area contributed by atoms with E-state index in [0.717, 1.165) is 0 Å². The molecule has 0 fully saturated rings. The number of nitrogens with two attached hydrogens (primary N) is 1. The van der Waals surface area contributed by atoms with Crippen LogP contribution in [-0.4, -0.2) is 17.0 Å². The minimum Gasteiger partial charge on any atom is -0.409 e. The maximum absolute atomic E-state index is 13.0. The number of carbonyl (C=O) groups is 1. The molecule has 0 aliphatic rings. The highest BCUT2D eigenvalue weighted by molar-refractivity contribution is 9.10. The summed E-state index contributed by atoms with van der Waals surface area (Å²) in [5.74, 6) is -1.03. The van der Waals surface area contributed by atoms with E-state index in [1.54, 1.807) is 13.8 Å². The number of nitrogens with zero attached hydrogens (tertiary/aromatic N) is 1. The molecule has 1 aromatic carbocycles. The number of amidine groups is 1. The first-order valence-electron chi connectivity index (χ1n) is 5.59. The fourth-order valence-electron chi connectivity index (χ4n) is 1.42. The Bertz CT molecular complexity index is 522. The van der Waals surface area contributed by atoms with Crippen LogP contribution in [0.25, 0.3) is 0 Å². The molecule has 19 heavy (non-hydrogen) atoms. The second-order valence-corrected chi connectivity index (χ2v) is 5.10. The summed E-state index contributed by atoms with van der Waals surface area (Å²) < 4.78 is 13.4. The summed E-state index contributed by atoms with van der Waals surface area (Å²) in [6.45, 7) is 3.31. The summed E-state index contributed by atoms with van der Waals surface area (Å²) in [7, 11) is 0. The summed E-state index contributed by atoms with van der Waals surface area (Å²) in [6, 6.07) is 3.90. The standard InChI is InChI=1S/C12H15BrFN3O2/c1-3-12(2,10(15)17-19)11(18)16-9-5-4-7(14)6-8(9)13/h4-6,19H,3H2,1-2H3,(H2,15,17)(H,16,18).